The van der Waals surface area contributed by atoms with Crippen molar-refractivity contribution in [1.82, 2.24) is 0 Å². The Morgan fingerprint density at radius 1 is 0.414 bits per heavy atom. The Balaban J connectivity index is -0.000000227. The summed E-state index contributed by atoms with van der Waals surface area (Å²) in [6.07, 6.45) is 5.57. The minimum atomic E-state index is 0.252. The summed E-state index contributed by atoms with van der Waals surface area (Å²) < 4.78 is 47.1. The molecule has 0 spiro atoms. The van der Waals surface area contributed by atoms with E-state index in [1.165, 1.54) is 25.4 Å². The lowest BCUT2D eigenvalue weighted by Crippen LogP contribution is -2.12. The molecule has 0 rings (SSSR count). The number of hydrogen-bond donors (Lipinski definition) is 4. The summed E-state index contributed by atoms with van der Waals surface area (Å²) in [6, 6.07) is 0. The molecule has 0 radical (unpaired) electrons. The van der Waals surface area contributed by atoms with Gasteiger partial charge in [0.1, 0.15) is 0 Å². The monoisotopic (exact) mass is 945 g/mol. The highest BCUT2D eigenvalue weighted by Gasteiger charge is 2.05. The second kappa shape index (κ2) is 62.2. The molecule has 354 valence electrons. The molecule has 0 bridgehead atoms. The third kappa shape index (κ3) is 84.4. The highest BCUT2D eigenvalue weighted by atomic mass is 32.2. The quantitative estimate of drug-likeness (QED) is 0.0208. The van der Waals surface area contributed by atoms with Crippen molar-refractivity contribution < 1.29 is 42.6 Å². The fourth-order valence-electron chi connectivity index (χ4n) is 3.35. The van der Waals surface area contributed by atoms with Crippen LogP contribution in [0.2, 0.25) is 0 Å². The highest BCUT2D eigenvalue weighted by Crippen LogP contribution is 2.18. The van der Waals surface area contributed by atoms with Crippen LogP contribution < -0.4 is 0 Å². The number of rotatable bonds is 37. The topological polar surface area (TPSA) is 83.1 Å². The number of ether oxygens (including phenoxy) is 9. The maximum Gasteiger partial charge on any atom is 0.1000 e. The summed E-state index contributed by atoms with van der Waals surface area (Å²) in [7, 11) is 0. The first-order valence-electron chi connectivity index (χ1n) is 21.0. The van der Waals surface area contributed by atoms with Gasteiger partial charge in [-0.05, 0) is 43.4 Å². The molecule has 0 aliphatic rings. The van der Waals surface area contributed by atoms with Crippen molar-refractivity contribution in [1.29, 1.82) is 0 Å². The Morgan fingerprint density at radius 2 is 0.741 bits per heavy atom. The third-order valence-electron chi connectivity index (χ3n) is 6.18. The lowest BCUT2D eigenvalue weighted by Gasteiger charge is -2.14. The molecule has 0 amide bonds. The van der Waals surface area contributed by atoms with Gasteiger partial charge in [-0.1, -0.05) is 75.5 Å². The average molecular weight is 946 g/mol. The van der Waals surface area contributed by atoms with E-state index in [9.17, 15) is 0 Å². The molecule has 0 aliphatic carbocycles. The maximum absolute atomic E-state index is 5.71. The molecule has 58 heavy (non-hydrogen) atoms. The molecule has 15 heteroatoms. The van der Waals surface area contributed by atoms with Gasteiger partial charge in [0, 0.05) is 39.8 Å². The van der Waals surface area contributed by atoms with Gasteiger partial charge < -0.3 is 42.6 Å². The average Bonchev–Trinajstić information content (AvgIpc) is 3.19. The van der Waals surface area contributed by atoms with Crippen LogP contribution in [0, 0.1) is 23.7 Å². The summed E-state index contributed by atoms with van der Waals surface area (Å²) in [5.74, 6) is 7.76. The summed E-state index contributed by atoms with van der Waals surface area (Å²) in [6.45, 7) is 39.4. The molecule has 0 aromatic rings. The zero-order chi connectivity index (χ0) is 44.9. The molecule has 0 aromatic heterocycles. The van der Waals surface area contributed by atoms with Crippen LogP contribution in [0.5, 0.6) is 0 Å². The van der Waals surface area contributed by atoms with Crippen molar-refractivity contribution >= 4 is 74.0 Å². The first-order valence-corrected chi connectivity index (χ1v) is 25.6. The SMILES string of the molecule is C=COCC(C)C.C=COCC(C)C.CC(C)CCC(C)SCCOCCOCCSC(C)OCC(C)C.SCCOCCOCCS.SCCOCCOCCS. The first-order chi connectivity index (χ1) is 27.8. The van der Waals surface area contributed by atoms with Crippen molar-refractivity contribution in [2.45, 2.75) is 92.8 Å². The normalized spacial score (nSPS) is 11.7. The van der Waals surface area contributed by atoms with Gasteiger partial charge in [0.05, 0.1) is 117 Å². The van der Waals surface area contributed by atoms with Gasteiger partial charge in [-0.25, -0.2) is 0 Å². The van der Waals surface area contributed by atoms with Crippen molar-refractivity contribution in [3.05, 3.63) is 25.7 Å². The van der Waals surface area contributed by atoms with E-state index in [1.807, 2.05) is 23.5 Å². The van der Waals surface area contributed by atoms with Crippen molar-refractivity contribution in [2.24, 2.45) is 23.7 Å². The van der Waals surface area contributed by atoms with Gasteiger partial charge >= 0.3 is 0 Å². The van der Waals surface area contributed by atoms with Crippen molar-refractivity contribution in [3.8, 4) is 0 Å². The molecule has 0 saturated heterocycles. The van der Waals surface area contributed by atoms with Crippen LogP contribution in [0.4, 0.5) is 0 Å². The molecule has 9 nitrogen and oxygen atoms in total. The lowest BCUT2D eigenvalue weighted by molar-refractivity contribution is 0.0599. The Bertz CT molecular complexity index is 656. The molecule has 2 atom stereocenters. The van der Waals surface area contributed by atoms with E-state index in [4.69, 9.17) is 42.6 Å². The number of thioether (sulfide) groups is 2. The van der Waals surface area contributed by atoms with Crippen molar-refractivity contribution in [3.63, 3.8) is 0 Å². The van der Waals surface area contributed by atoms with Crippen LogP contribution in [-0.4, -0.2) is 144 Å². The Kier molecular flexibility index (Phi) is 72.9. The largest absolute Gasteiger partial charge is 0.502 e. The molecule has 2 unspecified atom stereocenters. The fourth-order valence-corrected chi connectivity index (χ4v) is 5.51. The zero-order valence-electron chi connectivity index (χ0n) is 38.6. The molecule has 0 aromatic carbocycles. The maximum atomic E-state index is 5.71. The van der Waals surface area contributed by atoms with E-state index >= 15 is 0 Å². The van der Waals surface area contributed by atoms with Crippen LogP contribution in [0.25, 0.3) is 0 Å². The standard InChI is InChI=1S/C19H40O3S2.2C6H14O2S2.2C6H12O/c1-16(2)7-8-18(5)23-13-11-20-9-10-21-12-14-24-19(6)22-15-17(3)4;2*9-5-3-7-1-2-8-4-6-10;2*1-4-7-5-6(2)3/h16-19H,7-15H2,1-6H3;2*9-10H,1-6H2;2*4,6H,1,5H2,2-3H3. The molecule has 0 aliphatic heterocycles. The number of thiol groups is 4. The van der Waals surface area contributed by atoms with Gasteiger partial charge in [-0.15, -0.1) is 11.8 Å². The fraction of sp³-hybridized carbons (Fsp3) is 0.907. The zero-order valence-corrected chi connectivity index (χ0v) is 43.8. The van der Waals surface area contributed by atoms with E-state index in [2.05, 4.69) is 133 Å². The van der Waals surface area contributed by atoms with E-state index < -0.39 is 0 Å². The smallest absolute Gasteiger partial charge is 0.1000 e. The first kappa shape index (κ1) is 68.0. The molecular formula is C43H92O9S6. The third-order valence-corrected chi connectivity index (χ3v) is 9.12. The highest BCUT2D eigenvalue weighted by molar-refractivity contribution is 8.00. The van der Waals surface area contributed by atoms with E-state index in [0.717, 1.165) is 78.7 Å². The van der Waals surface area contributed by atoms with Crippen LogP contribution in [0.1, 0.15) is 82.1 Å². The van der Waals surface area contributed by atoms with Gasteiger partial charge in [0.2, 0.25) is 0 Å². The predicted molar refractivity (Wildman–Crippen MR) is 271 cm³/mol. The Morgan fingerprint density at radius 3 is 1.02 bits per heavy atom. The molecule has 0 fully saturated rings. The summed E-state index contributed by atoms with van der Waals surface area (Å²) >= 11 is 19.8. The lowest BCUT2D eigenvalue weighted by atomic mass is 10.1. The molecule has 0 saturated carbocycles. The van der Waals surface area contributed by atoms with Gasteiger partial charge in [0.15, 0.2) is 0 Å². The molecular weight excluding hydrogens is 853 g/mol. The van der Waals surface area contributed by atoms with Crippen LogP contribution in [0.3, 0.4) is 0 Å². The van der Waals surface area contributed by atoms with Crippen LogP contribution in [-0.2, 0) is 42.6 Å². The van der Waals surface area contributed by atoms with E-state index in [1.54, 1.807) is 0 Å². The van der Waals surface area contributed by atoms with E-state index in [0.29, 0.717) is 83.8 Å². The summed E-state index contributed by atoms with van der Waals surface area (Å²) in [5.41, 5.74) is 0.252. The van der Waals surface area contributed by atoms with Gasteiger partial charge in [0.25, 0.3) is 0 Å². The molecule has 0 N–H and O–H groups in total. The minimum Gasteiger partial charge on any atom is -0.502 e. The summed E-state index contributed by atoms with van der Waals surface area (Å²) in [5, 5.41) is 0.740. The second-order valence-electron chi connectivity index (χ2n) is 14.2. The predicted octanol–water partition coefficient (Wildman–Crippen LogP) is 10.7. The number of hydrogen-bond acceptors (Lipinski definition) is 15. The summed E-state index contributed by atoms with van der Waals surface area (Å²) in [4.78, 5) is 0. The minimum absolute atomic E-state index is 0.252. The van der Waals surface area contributed by atoms with Crippen LogP contribution >= 0.6 is 74.0 Å². The van der Waals surface area contributed by atoms with Crippen molar-refractivity contribution in [2.75, 3.05) is 134 Å². The molecule has 0 heterocycles. The Labute approximate surface area is 390 Å². The van der Waals surface area contributed by atoms with E-state index in [-0.39, 0.29) is 5.44 Å². The van der Waals surface area contributed by atoms with Gasteiger partial charge in [-0.3, -0.25) is 0 Å². The second-order valence-corrected chi connectivity index (χ2v) is 18.9. The van der Waals surface area contributed by atoms with Gasteiger partial charge in [-0.2, -0.15) is 62.3 Å². The Hall–Kier alpha value is 0.900. The van der Waals surface area contributed by atoms with Crippen LogP contribution in [0.15, 0.2) is 25.7 Å².